The highest BCUT2D eigenvalue weighted by Crippen LogP contribution is 2.37. The summed E-state index contributed by atoms with van der Waals surface area (Å²) in [7, 11) is 4.07. The normalized spacial score (nSPS) is 11.7. The molecule has 2 N–H and O–H groups in total. The topological polar surface area (TPSA) is 57.1 Å². The van der Waals surface area contributed by atoms with Crippen LogP contribution in [0.4, 0.5) is 11.4 Å². The van der Waals surface area contributed by atoms with Gasteiger partial charge in [-0.05, 0) is 56.6 Å². The molecule has 140 valence electrons. The Morgan fingerprint density at radius 3 is 2.96 bits per heavy atom. The summed E-state index contributed by atoms with van der Waals surface area (Å²) in [5.41, 5.74) is 4.35. The summed E-state index contributed by atoms with van der Waals surface area (Å²) >= 11 is 1.68. The van der Waals surface area contributed by atoms with Crippen molar-refractivity contribution in [2.24, 2.45) is 0 Å². The van der Waals surface area contributed by atoms with Gasteiger partial charge in [0.1, 0.15) is 10.6 Å². The molecule has 0 aliphatic rings. The number of H-pyrrole nitrogens is 1. The van der Waals surface area contributed by atoms with E-state index in [2.05, 4.69) is 56.6 Å². The van der Waals surface area contributed by atoms with Gasteiger partial charge in [0, 0.05) is 44.8 Å². The molecule has 0 bridgehead atoms. The fourth-order valence-corrected chi connectivity index (χ4v) is 4.38. The first kappa shape index (κ1) is 17.0. The molecule has 5 rings (SSSR count). The number of thiophene rings is 1. The highest BCUT2D eigenvalue weighted by atomic mass is 32.1. The van der Waals surface area contributed by atoms with Crippen LogP contribution in [-0.4, -0.2) is 29.0 Å². The van der Waals surface area contributed by atoms with Crippen molar-refractivity contribution in [2.75, 3.05) is 19.4 Å². The lowest BCUT2D eigenvalue weighted by molar-refractivity contribution is 0.350. The fraction of sp³-hybridized carbons (Fsp3) is 0.136. The van der Waals surface area contributed by atoms with Crippen molar-refractivity contribution in [3.8, 4) is 10.4 Å². The van der Waals surface area contributed by atoms with Crippen LogP contribution in [0.5, 0.6) is 0 Å². The minimum absolute atomic E-state index is 0.789. The van der Waals surface area contributed by atoms with Crippen LogP contribution in [0.3, 0.4) is 0 Å². The first-order valence-corrected chi connectivity index (χ1v) is 9.92. The van der Waals surface area contributed by atoms with Gasteiger partial charge in [-0.15, -0.1) is 11.3 Å². The Kier molecular flexibility index (Phi) is 4.15. The van der Waals surface area contributed by atoms with E-state index in [0.717, 1.165) is 49.9 Å². The molecule has 0 radical (unpaired) electrons. The maximum atomic E-state index is 5.71. The first-order chi connectivity index (χ1) is 13.7. The number of nitrogens with one attached hydrogen (secondary N) is 2. The number of furan rings is 1. The average Bonchev–Trinajstić information content (AvgIpc) is 3.39. The molecule has 0 aliphatic carbocycles. The molecule has 0 atom stereocenters. The number of hydrogen-bond donors (Lipinski definition) is 2. The zero-order chi connectivity index (χ0) is 19.1. The third-order valence-corrected chi connectivity index (χ3v) is 5.77. The van der Waals surface area contributed by atoms with Gasteiger partial charge in [0.2, 0.25) is 0 Å². The maximum absolute atomic E-state index is 5.71. The van der Waals surface area contributed by atoms with E-state index in [-0.39, 0.29) is 0 Å². The summed E-state index contributed by atoms with van der Waals surface area (Å²) < 4.78 is 5.71. The monoisotopic (exact) mass is 388 g/mol. The van der Waals surface area contributed by atoms with E-state index in [4.69, 9.17) is 4.42 Å². The van der Waals surface area contributed by atoms with Gasteiger partial charge in [0.05, 0.1) is 18.5 Å². The molecule has 0 saturated carbocycles. The molecule has 0 aliphatic heterocycles. The smallest absolute Gasteiger partial charge is 0.125 e. The van der Waals surface area contributed by atoms with Crippen molar-refractivity contribution in [3.05, 3.63) is 66.9 Å². The van der Waals surface area contributed by atoms with Gasteiger partial charge in [-0.3, -0.25) is 0 Å². The minimum Gasteiger partial charge on any atom is -0.467 e. The standard InChI is InChI=1S/C22H20N4OS/c1-26(2)12-17-10-15(13-27-17)21-11-18-20(6-8-24-22(18)28-21)25-16-3-4-19-14(9-16)5-7-23-19/h3-11,13,23H,12H2,1-2H3,(H,24,25). The van der Waals surface area contributed by atoms with E-state index >= 15 is 0 Å². The zero-order valence-electron chi connectivity index (χ0n) is 15.7. The number of fused-ring (bicyclic) bond motifs is 2. The van der Waals surface area contributed by atoms with Gasteiger partial charge >= 0.3 is 0 Å². The van der Waals surface area contributed by atoms with E-state index in [9.17, 15) is 0 Å². The van der Waals surface area contributed by atoms with Crippen molar-refractivity contribution in [2.45, 2.75) is 6.54 Å². The van der Waals surface area contributed by atoms with Crippen LogP contribution in [0.25, 0.3) is 31.6 Å². The number of aromatic nitrogens is 2. The molecule has 0 saturated heterocycles. The van der Waals surface area contributed by atoms with Gasteiger partial charge in [-0.1, -0.05) is 0 Å². The van der Waals surface area contributed by atoms with Gasteiger partial charge in [-0.25, -0.2) is 4.98 Å². The summed E-state index contributed by atoms with van der Waals surface area (Å²) in [6, 6.07) is 14.7. The van der Waals surface area contributed by atoms with Crippen molar-refractivity contribution in [3.63, 3.8) is 0 Å². The summed E-state index contributed by atoms with van der Waals surface area (Å²) in [5.74, 6) is 0.962. The van der Waals surface area contributed by atoms with Crippen LogP contribution in [0.1, 0.15) is 5.76 Å². The Bertz CT molecular complexity index is 1260. The molecule has 4 heterocycles. The van der Waals surface area contributed by atoms with Gasteiger partial charge in [-0.2, -0.15) is 0 Å². The maximum Gasteiger partial charge on any atom is 0.125 e. The third-order valence-electron chi connectivity index (χ3n) is 4.68. The number of anilines is 2. The van der Waals surface area contributed by atoms with Crippen LogP contribution in [0, 0.1) is 0 Å². The first-order valence-electron chi connectivity index (χ1n) is 9.11. The molecule has 0 fully saturated rings. The van der Waals surface area contributed by atoms with Crippen LogP contribution in [0.2, 0.25) is 0 Å². The highest BCUT2D eigenvalue weighted by molar-refractivity contribution is 7.21. The number of pyridine rings is 1. The van der Waals surface area contributed by atoms with Gasteiger partial charge < -0.3 is 19.6 Å². The third kappa shape index (κ3) is 3.17. The van der Waals surface area contributed by atoms with E-state index in [1.165, 1.54) is 5.39 Å². The lowest BCUT2D eigenvalue weighted by Crippen LogP contribution is -2.09. The van der Waals surface area contributed by atoms with Crippen LogP contribution in [0.15, 0.2) is 65.5 Å². The second kappa shape index (κ2) is 6.82. The number of nitrogens with zero attached hydrogens (tertiary/aromatic N) is 2. The molecule has 0 unspecified atom stereocenters. The Morgan fingerprint density at radius 2 is 2.07 bits per heavy atom. The van der Waals surface area contributed by atoms with Crippen LogP contribution in [-0.2, 0) is 6.54 Å². The van der Waals surface area contributed by atoms with E-state index in [1.807, 2.05) is 38.8 Å². The van der Waals surface area contributed by atoms with Crippen molar-refractivity contribution < 1.29 is 4.42 Å². The van der Waals surface area contributed by atoms with E-state index < -0.39 is 0 Å². The molecule has 0 spiro atoms. The Hall–Kier alpha value is -3.09. The molecular formula is C22H20N4OS. The Morgan fingerprint density at radius 1 is 1.14 bits per heavy atom. The minimum atomic E-state index is 0.789. The molecule has 5 aromatic rings. The van der Waals surface area contributed by atoms with Crippen molar-refractivity contribution >= 4 is 43.8 Å². The van der Waals surface area contributed by atoms with Crippen LogP contribution < -0.4 is 5.32 Å². The molecule has 4 aromatic heterocycles. The molecule has 6 heteroatoms. The molecular weight excluding hydrogens is 368 g/mol. The SMILES string of the molecule is CN(C)Cc1cc(-c2cc3c(Nc4ccc5[nH]ccc5c4)ccnc3s2)co1. The molecule has 28 heavy (non-hydrogen) atoms. The lowest BCUT2D eigenvalue weighted by Gasteiger charge is -2.07. The summed E-state index contributed by atoms with van der Waals surface area (Å²) in [6.07, 6.45) is 5.64. The van der Waals surface area contributed by atoms with Crippen molar-refractivity contribution in [1.82, 2.24) is 14.9 Å². The lowest BCUT2D eigenvalue weighted by atomic mass is 10.2. The average molecular weight is 388 g/mol. The zero-order valence-corrected chi connectivity index (χ0v) is 16.5. The second-order valence-corrected chi connectivity index (χ2v) is 8.16. The summed E-state index contributed by atoms with van der Waals surface area (Å²) in [4.78, 5) is 12.1. The number of rotatable bonds is 5. The molecule has 0 amide bonds. The predicted octanol–water partition coefficient (Wildman–Crippen LogP) is 5.84. The van der Waals surface area contributed by atoms with Crippen molar-refractivity contribution in [1.29, 1.82) is 0 Å². The number of aromatic amines is 1. The second-order valence-electron chi connectivity index (χ2n) is 7.13. The predicted molar refractivity (Wildman–Crippen MR) is 116 cm³/mol. The highest BCUT2D eigenvalue weighted by Gasteiger charge is 2.12. The summed E-state index contributed by atoms with van der Waals surface area (Å²) in [6.45, 7) is 0.789. The van der Waals surface area contributed by atoms with Gasteiger partial charge in [0.25, 0.3) is 0 Å². The van der Waals surface area contributed by atoms with Gasteiger partial charge in [0.15, 0.2) is 0 Å². The fourth-order valence-electron chi connectivity index (χ4n) is 3.38. The number of benzene rings is 1. The molecule has 1 aromatic carbocycles. The Labute approximate surface area is 166 Å². The quantitative estimate of drug-likeness (QED) is 0.397. The molecule has 5 nitrogen and oxygen atoms in total. The largest absolute Gasteiger partial charge is 0.467 e. The Balaban J connectivity index is 1.49. The van der Waals surface area contributed by atoms with E-state index in [0.29, 0.717) is 0 Å². The summed E-state index contributed by atoms with van der Waals surface area (Å²) in [5, 5.41) is 5.85. The number of hydrogen-bond acceptors (Lipinski definition) is 5. The van der Waals surface area contributed by atoms with Crippen LogP contribution >= 0.6 is 11.3 Å². The van der Waals surface area contributed by atoms with E-state index in [1.54, 1.807) is 11.3 Å².